The van der Waals surface area contributed by atoms with Crippen molar-refractivity contribution in [3.8, 4) is 6.07 Å². The number of aliphatic hydroxyl groups is 1. The van der Waals surface area contributed by atoms with Crippen molar-refractivity contribution < 1.29 is 5.11 Å². The highest BCUT2D eigenvalue weighted by atomic mass is 16.3. The van der Waals surface area contributed by atoms with Gasteiger partial charge >= 0.3 is 0 Å². The minimum Gasteiger partial charge on any atom is -0.395 e. The predicted molar refractivity (Wildman–Crippen MR) is 114 cm³/mol. The number of aromatic nitrogens is 2. The first-order chi connectivity index (χ1) is 14.2. The van der Waals surface area contributed by atoms with Crippen molar-refractivity contribution in [3.63, 3.8) is 0 Å². The van der Waals surface area contributed by atoms with E-state index < -0.39 is 0 Å². The van der Waals surface area contributed by atoms with Crippen LogP contribution in [-0.2, 0) is 0 Å². The molecule has 4 rings (SSSR count). The maximum atomic E-state index is 9.84. The van der Waals surface area contributed by atoms with Crippen LogP contribution in [0.4, 0.5) is 17.6 Å². The topological polar surface area (TPSA) is 88.3 Å². The summed E-state index contributed by atoms with van der Waals surface area (Å²) in [6.45, 7) is 2.06. The Bertz CT molecular complexity index is 869. The zero-order valence-electron chi connectivity index (χ0n) is 16.9. The molecule has 1 aromatic carbocycles. The molecule has 1 aromatic heterocycles. The van der Waals surface area contributed by atoms with Gasteiger partial charge in [-0.15, -0.1) is 0 Å². The lowest BCUT2D eigenvalue weighted by Gasteiger charge is -2.34. The van der Waals surface area contributed by atoms with Crippen molar-refractivity contribution in [3.05, 3.63) is 41.5 Å². The van der Waals surface area contributed by atoms with E-state index in [9.17, 15) is 10.4 Å². The third-order valence-electron chi connectivity index (χ3n) is 5.87. The quantitative estimate of drug-likeness (QED) is 0.749. The standard InChI is InChI=1S/C22H28N6O/c1-27(18-7-8-18)22-25-20(24-11-14-29)19(15-23)21(26-22)28-12-9-17(10-13-28)16-5-3-2-4-6-16/h2-6,17-18,29H,7-14H2,1H3,(H,24,25,26). The van der Waals surface area contributed by atoms with Crippen molar-refractivity contribution in [1.82, 2.24) is 9.97 Å². The number of nitrogens with zero attached hydrogens (tertiary/aromatic N) is 5. The second kappa shape index (κ2) is 8.66. The number of rotatable bonds is 7. The zero-order valence-corrected chi connectivity index (χ0v) is 16.9. The van der Waals surface area contributed by atoms with Gasteiger partial charge < -0.3 is 20.2 Å². The third kappa shape index (κ3) is 4.28. The van der Waals surface area contributed by atoms with Gasteiger partial charge in [-0.2, -0.15) is 15.2 Å². The molecule has 0 spiro atoms. The van der Waals surface area contributed by atoms with Crippen LogP contribution in [0, 0.1) is 11.3 Å². The van der Waals surface area contributed by atoms with Crippen molar-refractivity contribution >= 4 is 17.6 Å². The molecule has 2 heterocycles. The number of nitriles is 1. The van der Waals surface area contributed by atoms with E-state index in [1.165, 1.54) is 5.56 Å². The molecule has 2 aromatic rings. The van der Waals surface area contributed by atoms with Crippen LogP contribution in [0.3, 0.4) is 0 Å². The summed E-state index contributed by atoms with van der Waals surface area (Å²) in [5.41, 5.74) is 1.85. The molecule has 1 saturated carbocycles. The number of anilines is 3. The smallest absolute Gasteiger partial charge is 0.229 e. The molecule has 1 aliphatic carbocycles. The Balaban J connectivity index is 1.60. The summed E-state index contributed by atoms with van der Waals surface area (Å²) in [6, 6.07) is 13.4. The summed E-state index contributed by atoms with van der Waals surface area (Å²) in [4.78, 5) is 13.7. The molecule has 2 fully saturated rings. The van der Waals surface area contributed by atoms with E-state index in [1.54, 1.807) is 0 Å². The Morgan fingerprint density at radius 3 is 2.52 bits per heavy atom. The highest BCUT2D eigenvalue weighted by Gasteiger charge is 2.31. The first kappa shape index (κ1) is 19.5. The van der Waals surface area contributed by atoms with Gasteiger partial charge in [0.05, 0.1) is 6.61 Å². The normalized spacial score (nSPS) is 17.1. The number of benzene rings is 1. The van der Waals surface area contributed by atoms with Crippen LogP contribution in [-0.4, -0.2) is 54.4 Å². The maximum absolute atomic E-state index is 9.84. The number of hydrogen-bond acceptors (Lipinski definition) is 7. The number of aliphatic hydroxyl groups excluding tert-OH is 1. The van der Waals surface area contributed by atoms with Gasteiger partial charge in [0, 0.05) is 32.7 Å². The number of hydrogen-bond donors (Lipinski definition) is 2. The van der Waals surface area contributed by atoms with Gasteiger partial charge in [0.15, 0.2) is 11.6 Å². The van der Waals surface area contributed by atoms with Crippen molar-refractivity contribution in [2.45, 2.75) is 37.6 Å². The summed E-state index contributed by atoms with van der Waals surface area (Å²) in [5, 5.41) is 22.2. The van der Waals surface area contributed by atoms with Gasteiger partial charge in [-0.05, 0) is 37.2 Å². The second-order valence-corrected chi connectivity index (χ2v) is 7.85. The molecule has 152 valence electrons. The third-order valence-corrected chi connectivity index (χ3v) is 5.87. The fraction of sp³-hybridized carbons (Fsp3) is 0.500. The van der Waals surface area contributed by atoms with Gasteiger partial charge in [-0.3, -0.25) is 0 Å². The Hall–Kier alpha value is -2.85. The highest BCUT2D eigenvalue weighted by Crippen LogP contribution is 2.35. The molecule has 7 nitrogen and oxygen atoms in total. The summed E-state index contributed by atoms with van der Waals surface area (Å²) < 4.78 is 0. The molecule has 29 heavy (non-hydrogen) atoms. The van der Waals surface area contributed by atoms with Gasteiger partial charge in [0.25, 0.3) is 0 Å². The number of nitrogens with one attached hydrogen (secondary N) is 1. The molecule has 0 unspecified atom stereocenters. The van der Waals surface area contributed by atoms with E-state index in [1.807, 2.05) is 7.05 Å². The molecule has 0 radical (unpaired) electrons. The van der Waals surface area contributed by atoms with Crippen LogP contribution in [0.1, 0.15) is 42.7 Å². The number of piperidine rings is 1. The predicted octanol–water partition coefficient (Wildman–Crippen LogP) is 2.74. The molecule has 1 aliphatic heterocycles. The Morgan fingerprint density at radius 1 is 1.17 bits per heavy atom. The van der Waals surface area contributed by atoms with Crippen LogP contribution in [0.15, 0.2) is 30.3 Å². The SMILES string of the molecule is CN(c1nc(NCCO)c(C#N)c(N2CCC(c3ccccc3)CC2)n1)C1CC1. The Morgan fingerprint density at radius 2 is 1.90 bits per heavy atom. The fourth-order valence-corrected chi connectivity index (χ4v) is 4.00. The Kier molecular flexibility index (Phi) is 5.81. The van der Waals surface area contributed by atoms with E-state index in [4.69, 9.17) is 4.98 Å². The molecule has 1 saturated heterocycles. The lowest BCUT2D eigenvalue weighted by atomic mass is 9.89. The molecular formula is C22H28N6O. The first-order valence-electron chi connectivity index (χ1n) is 10.4. The van der Waals surface area contributed by atoms with E-state index in [-0.39, 0.29) is 6.61 Å². The maximum Gasteiger partial charge on any atom is 0.229 e. The van der Waals surface area contributed by atoms with Crippen LogP contribution >= 0.6 is 0 Å². The van der Waals surface area contributed by atoms with Gasteiger partial charge in [0.1, 0.15) is 11.6 Å². The van der Waals surface area contributed by atoms with E-state index >= 15 is 0 Å². The van der Waals surface area contributed by atoms with Gasteiger partial charge in [-0.1, -0.05) is 30.3 Å². The molecule has 2 N–H and O–H groups in total. The second-order valence-electron chi connectivity index (χ2n) is 7.85. The van der Waals surface area contributed by atoms with Crippen molar-refractivity contribution in [2.24, 2.45) is 0 Å². The fourth-order valence-electron chi connectivity index (χ4n) is 4.00. The van der Waals surface area contributed by atoms with Crippen molar-refractivity contribution in [2.75, 3.05) is 48.4 Å². The summed E-state index contributed by atoms with van der Waals surface area (Å²) >= 11 is 0. The van der Waals surface area contributed by atoms with E-state index in [0.717, 1.165) is 38.8 Å². The van der Waals surface area contributed by atoms with Crippen LogP contribution < -0.4 is 15.1 Å². The first-order valence-corrected chi connectivity index (χ1v) is 10.4. The van der Waals surface area contributed by atoms with Crippen molar-refractivity contribution in [1.29, 1.82) is 5.26 Å². The zero-order chi connectivity index (χ0) is 20.2. The largest absolute Gasteiger partial charge is 0.395 e. The highest BCUT2D eigenvalue weighted by molar-refractivity contribution is 5.68. The Labute approximate surface area is 172 Å². The molecule has 2 aliphatic rings. The minimum absolute atomic E-state index is 0.0134. The average Bonchev–Trinajstić information content (AvgIpc) is 3.62. The monoisotopic (exact) mass is 392 g/mol. The lowest BCUT2D eigenvalue weighted by Crippen LogP contribution is -2.35. The van der Waals surface area contributed by atoms with Crippen LogP contribution in [0.5, 0.6) is 0 Å². The van der Waals surface area contributed by atoms with E-state index in [2.05, 4.69) is 56.5 Å². The average molecular weight is 393 g/mol. The van der Waals surface area contributed by atoms with Gasteiger partial charge in [0.2, 0.25) is 5.95 Å². The minimum atomic E-state index is -0.0134. The summed E-state index contributed by atoms with van der Waals surface area (Å²) in [6.07, 6.45) is 4.37. The summed E-state index contributed by atoms with van der Waals surface area (Å²) in [7, 11) is 2.01. The van der Waals surface area contributed by atoms with E-state index in [0.29, 0.717) is 41.7 Å². The summed E-state index contributed by atoms with van der Waals surface area (Å²) in [5.74, 6) is 2.41. The molecular weight excluding hydrogens is 364 g/mol. The molecule has 0 atom stereocenters. The van der Waals surface area contributed by atoms with Crippen LogP contribution in [0.2, 0.25) is 0 Å². The molecule has 0 bridgehead atoms. The van der Waals surface area contributed by atoms with Crippen LogP contribution in [0.25, 0.3) is 0 Å². The molecule has 0 amide bonds. The molecule has 7 heteroatoms. The van der Waals surface area contributed by atoms with Gasteiger partial charge in [-0.25, -0.2) is 0 Å². The lowest BCUT2D eigenvalue weighted by molar-refractivity contribution is 0.311.